The predicted octanol–water partition coefficient (Wildman–Crippen LogP) is 9.01. The summed E-state index contributed by atoms with van der Waals surface area (Å²) in [6, 6.07) is 6.59. The average Bonchev–Trinajstić information content (AvgIpc) is 3.54. The Morgan fingerprint density at radius 1 is 1.02 bits per heavy atom. The first-order valence-electron chi connectivity index (χ1n) is 16.5. The molecular weight excluding hydrogens is 673 g/mol. The van der Waals surface area contributed by atoms with Gasteiger partial charge in [0.25, 0.3) is 0 Å². The number of anilines is 1. The third kappa shape index (κ3) is 9.59. The number of halogens is 4. The van der Waals surface area contributed by atoms with Gasteiger partial charge in [0.1, 0.15) is 24.1 Å². The number of ketones is 1. The molecule has 4 atom stereocenters. The summed E-state index contributed by atoms with van der Waals surface area (Å²) in [6.07, 6.45) is -0.460. The Hall–Kier alpha value is -3.08. The number of ether oxygens (including phenoxy) is 1. The number of rotatable bonds is 12. The highest BCUT2D eigenvalue weighted by atomic mass is 28.4. The van der Waals surface area contributed by atoms with Crippen LogP contribution in [0.25, 0.3) is 0 Å². The summed E-state index contributed by atoms with van der Waals surface area (Å²) < 4.78 is 73.6. The summed E-state index contributed by atoms with van der Waals surface area (Å²) in [5.41, 5.74) is 1.05. The normalized spacial score (nSPS) is 20.8. The zero-order chi connectivity index (χ0) is 36.6. The molecule has 270 valence electrons. The van der Waals surface area contributed by atoms with Gasteiger partial charge in [0.15, 0.2) is 22.4 Å². The predicted molar refractivity (Wildman–Crippen MR) is 188 cm³/mol. The van der Waals surface area contributed by atoms with Gasteiger partial charge in [-0.2, -0.15) is 0 Å². The molecule has 2 heterocycles. The molecule has 1 aliphatic carbocycles. The first kappa shape index (κ1) is 38.7. The van der Waals surface area contributed by atoms with Crippen molar-refractivity contribution in [1.82, 2.24) is 14.5 Å². The molecule has 1 fully saturated rings. The SMILES string of the molecule is CC(C)(C)[Si](C)(C)OC[C@H]1C[C@@H](Nc2ncncc2C(=O)c2ccn(Cc3cccc(OC(F)(F)F)c3)c2)[C@@H](F)[C@@H]1O[Si](C)(C)C(C)(C)C. The molecule has 8 nitrogen and oxygen atoms in total. The lowest BCUT2D eigenvalue weighted by Crippen LogP contribution is -2.49. The van der Waals surface area contributed by atoms with Gasteiger partial charge in [-0.3, -0.25) is 4.79 Å². The molecule has 0 bridgehead atoms. The van der Waals surface area contributed by atoms with Gasteiger partial charge in [0.05, 0.1) is 17.7 Å². The first-order chi connectivity index (χ1) is 22.5. The van der Waals surface area contributed by atoms with Crippen molar-refractivity contribution in [2.75, 3.05) is 11.9 Å². The van der Waals surface area contributed by atoms with E-state index < -0.39 is 41.3 Å². The van der Waals surface area contributed by atoms with Gasteiger partial charge in [-0.05, 0) is 66.4 Å². The van der Waals surface area contributed by atoms with Crippen LogP contribution in [0.1, 0.15) is 69.4 Å². The number of alkyl halides is 4. The number of hydrogen-bond acceptors (Lipinski definition) is 7. The summed E-state index contributed by atoms with van der Waals surface area (Å²) in [5, 5.41) is 3.10. The fourth-order valence-electron chi connectivity index (χ4n) is 5.26. The van der Waals surface area contributed by atoms with E-state index in [0.717, 1.165) is 0 Å². The summed E-state index contributed by atoms with van der Waals surface area (Å²) in [5.74, 6) is -0.689. The highest BCUT2D eigenvalue weighted by Gasteiger charge is 2.51. The van der Waals surface area contributed by atoms with Crippen LogP contribution in [0.15, 0.2) is 55.2 Å². The maximum absolute atomic E-state index is 16.5. The number of carbonyl (C=O) groups excluding carboxylic acids is 1. The Labute approximate surface area is 289 Å². The van der Waals surface area contributed by atoms with Crippen LogP contribution in [0, 0.1) is 5.92 Å². The van der Waals surface area contributed by atoms with Gasteiger partial charge < -0.3 is 23.5 Å². The molecule has 1 N–H and O–H groups in total. The molecule has 14 heteroatoms. The van der Waals surface area contributed by atoms with E-state index in [1.54, 1.807) is 29.1 Å². The maximum atomic E-state index is 16.5. The molecule has 0 radical (unpaired) electrons. The summed E-state index contributed by atoms with van der Waals surface area (Å²) in [7, 11) is -4.47. The molecule has 1 aromatic carbocycles. The van der Waals surface area contributed by atoms with Crippen LogP contribution in [0.2, 0.25) is 36.3 Å². The smallest absolute Gasteiger partial charge is 0.416 e. The van der Waals surface area contributed by atoms with E-state index in [-0.39, 0.29) is 45.5 Å². The molecule has 0 unspecified atom stereocenters. The van der Waals surface area contributed by atoms with Crippen LogP contribution < -0.4 is 10.1 Å². The monoisotopic (exact) mass is 722 g/mol. The molecule has 2 aromatic heterocycles. The molecule has 0 spiro atoms. The van der Waals surface area contributed by atoms with Crippen LogP contribution in [0.3, 0.4) is 0 Å². The van der Waals surface area contributed by atoms with E-state index in [9.17, 15) is 18.0 Å². The molecule has 1 saturated carbocycles. The standard InChI is InChI=1S/C35H50F4N4O4Si2/c1-33(2,3)48(7,8)45-21-25-17-28(29(36)31(25)47-49(9,10)34(4,5)6)42-32-27(18-40-22-41-32)30(44)24-14-15-43(20-24)19-23-12-11-13-26(16-23)46-35(37,38)39/h11-16,18,20,22,25,28-29,31H,17,19,21H2,1-10H3,(H,40,41,42)/t25-,28-,29-,31-/m1/s1. The maximum Gasteiger partial charge on any atom is 0.573 e. The van der Waals surface area contributed by atoms with Crippen molar-refractivity contribution >= 4 is 28.2 Å². The number of nitrogens with zero attached hydrogens (tertiary/aromatic N) is 3. The van der Waals surface area contributed by atoms with Gasteiger partial charge in [0.2, 0.25) is 0 Å². The van der Waals surface area contributed by atoms with Crippen molar-refractivity contribution < 1.29 is 35.9 Å². The highest BCUT2D eigenvalue weighted by Crippen LogP contribution is 2.44. The quantitative estimate of drug-likeness (QED) is 0.113. The fraction of sp³-hybridized carbons (Fsp3) is 0.571. The van der Waals surface area contributed by atoms with Crippen LogP contribution >= 0.6 is 0 Å². The van der Waals surface area contributed by atoms with E-state index >= 15 is 4.39 Å². The van der Waals surface area contributed by atoms with Crippen molar-refractivity contribution in [3.63, 3.8) is 0 Å². The van der Waals surface area contributed by atoms with Crippen LogP contribution in [-0.2, 0) is 15.4 Å². The lowest BCUT2D eigenvalue weighted by atomic mass is 10.1. The Balaban J connectivity index is 1.53. The molecule has 49 heavy (non-hydrogen) atoms. The molecule has 0 aliphatic heterocycles. The van der Waals surface area contributed by atoms with Gasteiger partial charge in [-0.15, -0.1) is 13.2 Å². The molecule has 3 aromatic rings. The van der Waals surface area contributed by atoms with Crippen LogP contribution in [0.4, 0.5) is 23.4 Å². The zero-order valence-electron chi connectivity index (χ0n) is 30.1. The molecule has 1 aliphatic rings. The fourth-order valence-corrected chi connectivity index (χ4v) is 7.68. The molecule has 0 saturated heterocycles. The van der Waals surface area contributed by atoms with Gasteiger partial charge >= 0.3 is 6.36 Å². The molecule has 4 rings (SSSR count). The van der Waals surface area contributed by atoms with Crippen molar-refractivity contribution in [2.24, 2.45) is 5.92 Å². The van der Waals surface area contributed by atoms with Crippen LogP contribution in [-0.4, -0.2) is 68.2 Å². The number of nitrogens with one attached hydrogen (secondary N) is 1. The van der Waals surface area contributed by atoms with Gasteiger partial charge in [0, 0.05) is 43.2 Å². The summed E-state index contributed by atoms with van der Waals surface area (Å²) in [6.45, 7) is 22.1. The Kier molecular flexibility index (Phi) is 11.3. The average molecular weight is 723 g/mol. The van der Waals surface area contributed by atoms with E-state index in [4.69, 9.17) is 8.85 Å². The topological polar surface area (TPSA) is 87.5 Å². The number of benzene rings is 1. The third-order valence-electron chi connectivity index (χ3n) is 10.2. The minimum Gasteiger partial charge on any atom is -0.416 e. The Morgan fingerprint density at radius 3 is 2.33 bits per heavy atom. The first-order valence-corrected chi connectivity index (χ1v) is 22.4. The Bertz CT molecular complexity index is 1600. The van der Waals surface area contributed by atoms with Crippen molar-refractivity contribution in [1.29, 1.82) is 0 Å². The number of carbonyl (C=O) groups is 1. The second-order valence-electron chi connectivity index (χ2n) is 16.0. The highest BCUT2D eigenvalue weighted by molar-refractivity contribution is 6.74. The zero-order valence-corrected chi connectivity index (χ0v) is 32.1. The second-order valence-corrected chi connectivity index (χ2v) is 25.6. The van der Waals surface area contributed by atoms with Crippen LogP contribution in [0.5, 0.6) is 5.75 Å². The third-order valence-corrected chi connectivity index (χ3v) is 19.2. The van der Waals surface area contributed by atoms with Gasteiger partial charge in [-0.25, -0.2) is 14.4 Å². The van der Waals surface area contributed by atoms with Crippen molar-refractivity contribution in [3.05, 3.63) is 71.9 Å². The Morgan fingerprint density at radius 2 is 1.69 bits per heavy atom. The second kappa shape index (κ2) is 14.3. The van der Waals surface area contributed by atoms with E-state index in [1.165, 1.54) is 30.7 Å². The lowest BCUT2D eigenvalue weighted by molar-refractivity contribution is -0.274. The molecule has 0 amide bonds. The van der Waals surface area contributed by atoms with Gasteiger partial charge in [-0.1, -0.05) is 53.7 Å². The largest absolute Gasteiger partial charge is 0.573 e. The van der Waals surface area contributed by atoms with E-state index in [0.29, 0.717) is 24.2 Å². The van der Waals surface area contributed by atoms with Crippen molar-refractivity contribution in [3.8, 4) is 5.75 Å². The summed E-state index contributed by atoms with van der Waals surface area (Å²) >= 11 is 0. The van der Waals surface area contributed by atoms with E-state index in [2.05, 4.69) is 87.8 Å². The van der Waals surface area contributed by atoms with Crippen molar-refractivity contribution in [2.45, 2.75) is 115 Å². The minimum absolute atomic E-state index is 0.00507. The number of aromatic nitrogens is 3. The molecular formula is C35H50F4N4O4Si2. The summed E-state index contributed by atoms with van der Waals surface area (Å²) in [4.78, 5) is 22.1. The number of hydrogen-bond donors (Lipinski definition) is 1. The van der Waals surface area contributed by atoms with E-state index in [1.807, 2.05) is 0 Å². The lowest BCUT2D eigenvalue weighted by Gasteiger charge is -2.41. The minimum atomic E-state index is -4.80.